The van der Waals surface area contributed by atoms with Crippen molar-refractivity contribution >= 4 is 23.5 Å². The average molecular weight is 394 g/mol. The Balaban J connectivity index is 1.94. The molecule has 0 unspecified atom stereocenters. The molecule has 0 bridgehead atoms. The van der Waals surface area contributed by atoms with Crippen LogP contribution >= 0.6 is 11.6 Å². The maximum atomic E-state index is 12.0. The Morgan fingerprint density at radius 2 is 1.96 bits per heavy atom. The molecule has 150 valence electrons. The zero-order valence-corrected chi connectivity index (χ0v) is 17.6. The molecule has 0 saturated carbocycles. The van der Waals surface area contributed by atoms with E-state index in [9.17, 15) is 4.79 Å². The van der Waals surface area contributed by atoms with E-state index in [1.807, 2.05) is 32.0 Å². The maximum absolute atomic E-state index is 12.0. The minimum absolute atomic E-state index is 0.00781. The number of amides is 1. The molecule has 0 atom stereocenters. The predicted molar refractivity (Wildman–Crippen MR) is 112 cm³/mol. The number of nitrogens with zero attached hydrogens (tertiary/aromatic N) is 3. The smallest absolute Gasteiger partial charge is 0.227 e. The van der Waals surface area contributed by atoms with Crippen LogP contribution in [0.1, 0.15) is 26.3 Å². The molecule has 1 aliphatic rings. The molecule has 1 amide bonds. The summed E-state index contributed by atoms with van der Waals surface area (Å²) in [5.74, 6) is 0.894. The molecule has 1 fully saturated rings. The highest BCUT2D eigenvalue weighted by molar-refractivity contribution is 6.30. The summed E-state index contributed by atoms with van der Waals surface area (Å²) in [6.45, 7) is 11.8. The molecule has 0 aromatic heterocycles. The molecule has 1 heterocycles. The molecule has 2 N–H and O–H groups in total. The Morgan fingerprint density at radius 1 is 1.26 bits per heavy atom. The number of rotatable bonds is 6. The van der Waals surface area contributed by atoms with Crippen LogP contribution < -0.4 is 10.6 Å². The molecule has 2 rings (SSSR count). The van der Waals surface area contributed by atoms with Crippen LogP contribution in [0.15, 0.2) is 29.3 Å². The van der Waals surface area contributed by atoms with Crippen LogP contribution in [0, 0.1) is 5.41 Å². The van der Waals surface area contributed by atoms with E-state index in [-0.39, 0.29) is 5.91 Å². The topological polar surface area (TPSA) is 60.0 Å². The van der Waals surface area contributed by atoms with Gasteiger partial charge in [-0.1, -0.05) is 23.7 Å². The molecule has 0 spiro atoms. The number of nitrogens with one attached hydrogen (secondary N) is 2. The Kier molecular flexibility index (Phi) is 7.92. The fraction of sp³-hybridized carbons (Fsp3) is 0.600. The summed E-state index contributed by atoms with van der Waals surface area (Å²) < 4.78 is 0. The Morgan fingerprint density at radius 3 is 2.56 bits per heavy atom. The molecule has 1 aromatic carbocycles. The number of piperazine rings is 1. The van der Waals surface area contributed by atoms with Gasteiger partial charge in [0.25, 0.3) is 0 Å². The highest BCUT2D eigenvalue weighted by atomic mass is 35.5. The van der Waals surface area contributed by atoms with E-state index in [1.165, 1.54) is 5.56 Å². The van der Waals surface area contributed by atoms with E-state index in [0.717, 1.165) is 50.3 Å². The van der Waals surface area contributed by atoms with Crippen molar-refractivity contribution < 1.29 is 4.79 Å². The zero-order chi connectivity index (χ0) is 19.9. The van der Waals surface area contributed by atoms with Gasteiger partial charge in [-0.25, -0.2) is 0 Å². The van der Waals surface area contributed by atoms with E-state index in [2.05, 4.69) is 33.4 Å². The Hall–Kier alpha value is -1.79. The second-order valence-electron chi connectivity index (χ2n) is 7.53. The minimum Gasteiger partial charge on any atom is -0.359 e. The van der Waals surface area contributed by atoms with Gasteiger partial charge in [0.1, 0.15) is 0 Å². The summed E-state index contributed by atoms with van der Waals surface area (Å²) in [5.41, 5.74) is 0.716. The predicted octanol–water partition coefficient (Wildman–Crippen LogP) is 2.20. The fourth-order valence-corrected chi connectivity index (χ4v) is 3.33. The first kappa shape index (κ1) is 21.5. The minimum atomic E-state index is -0.524. The highest BCUT2D eigenvalue weighted by Crippen LogP contribution is 2.17. The lowest BCUT2D eigenvalue weighted by molar-refractivity contribution is -0.128. The average Bonchev–Trinajstić information content (AvgIpc) is 2.65. The first-order valence-corrected chi connectivity index (χ1v) is 9.95. The standard InChI is InChI=1S/C20H32ClN5O/c1-5-23-19(24-15-20(2,3)18(27)22-4)26-11-9-25(10-12-26)14-16-7-6-8-17(21)13-16/h6-8,13H,5,9-12,14-15H2,1-4H3,(H,22,27)(H,23,24). The van der Waals surface area contributed by atoms with Gasteiger partial charge in [0.15, 0.2) is 5.96 Å². The van der Waals surface area contributed by atoms with Crippen LogP contribution in [0.25, 0.3) is 0 Å². The number of carbonyl (C=O) groups excluding carboxylic acids is 1. The van der Waals surface area contributed by atoms with Gasteiger partial charge in [0.2, 0.25) is 5.91 Å². The highest BCUT2D eigenvalue weighted by Gasteiger charge is 2.27. The third-order valence-electron chi connectivity index (χ3n) is 4.77. The second-order valence-corrected chi connectivity index (χ2v) is 7.96. The number of guanidine groups is 1. The number of benzene rings is 1. The van der Waals surface area contributed by atoms with Crippen LogP contribution in [-0.4, -0.2) is 68.0 Å². The molecule has 1 aliphatic heterocycles. The maximum Gasteiger partial charge on any atom is 0.227 e. The molecule has 0 aliphatic carbocycles. The van der Waals surface area contributed by atoms with Gasteiger partial charge in [0, 0.05) is 51.3 Å². The number of hydrogen-bond donors (Lipinski definition) is 2. The molecule has 0 radical (unpaired) electrons. The van der Waals surface area contributed by atoms with Crippen LogP contribution in [0.2, 0.25) is 5.02 Å². The van der Waals surface area contributed by atoms with Gasteiger partial charge in [-0.15, -0.1) is 0 Å². The van der Waals surface area contributed by atoms with Crippen molar-refractivity contribution in [2.24, 2.45) is 10.4 Å². The lowest BCUT2D eigenvalue weighted by Crippen LogP contribution is -2.52. The van der Waals surface area contributed by atoms with Crippen molar-refractivity contribution in [3.63, 3.8) is 0 Å². The van der Waals surface area contributed by atoms with Crippen LogP contribution in [-0.2, 0) is 11.3 Å². The van der Waals surface area contributed by atoms with E-state index in [4.69, 9.17) is 16.6 Å². The number of halogens is 1. The van der Waals surface area contributed by atoms with E-state index in [1.54, 1.807) is 7.05 Å². The van der Waals surface area contributed by atoms with Crippen molar-refractivity contribution in [1.82, 2.24) is 20.4 Å². The van der Waals surface area contributed by atoms with Crippen LogP contribution in [0.4, 0.5) is 0 Å². The van der Waals surface area contributed by atoms with Gasteiger partial charge in [-0.05, 0) is 38.5 Å². The first-order valence-electron chi connectivity index (χ1n) is 9.58. The van der Waals surface area contributed by atoms with Crippen molar-refractivity contribution in [3.8, 4) is 0 Å². The monoisotopic (exact) mass is 393 g/mol. The van der Waals surface area contributed by atoms with Gasteiger partial charge in [-0.3, -0.25) is 14.7 Å². The summed E-state index contributed by atoms with van der Waals surface area (Å²) in [4.78, 5) is 21.4. The summed E-state index contributed by atoms with van der Waals surface area (Å²) in [6.07, 6.45) is 0. The molecule has 27 heavy (non-hydrogen) atoms. The van der Waals surface area contributed by atoms with Crippen molar-refractivity contribution in [3.05, 3.63) is 34.9 Å². The van der Waals surface area contributed by atoms with Crippen LogP contribution in [0.3, 0.4) is 0 Å². The fourth-order valence-electron chi connectivity index (χ4n) is 3.12. The van der Waals surface area contributed by atoms with Crippen molar-refractivity contribution in [2.75, 3.05) is 46.3 Å². The van der Waals surface area contributed by atoms with Gasteiger partial charge in [0.05, 0.1) is 12.0 Å². The summed E-state index contributed by atoms with van der Waals surface area (Å²) in [6, 6.07) is 8.05. The molecule has 1 saturated heterocycles. The van der Waals surface area contributed by atoms with E-state index >= 15 is 0 Å². The quantitative estimate of drug-likeness (QED) is 0.574. The number of carbonyl (C=O) groups is 1. The molecule has 1 aromatic rings. The van der Waals surface area contributed by atoms with Crippen molar-refractivity contribution in [2.45, 2.75) is 27.3 Å². The Bertz CT molecular complexity index is 654. The molecular formula is C20H32ClN5O. The Labute approximate surface area is 168 Å². The summed E-state index contributed by atoms with van der Waals surface area (Å²) in [5, 5.41) is 6.86. The summed E-state index contributed by atoms with van der Waals surface area (Å²) in [7, 11) is 1.66. The van der Waals surface area contributed by atoms with E-state index < -0.39 is 5.41 Å². The molecular weight excluding hydrogens is 362 g/mol. The number of aliphatic imine (C=N–C) groups is 1. The number of hydrogen-bond acceptors (Lipinski definition) is 3. The lowest BCUT2D eigenvalue weighted by atomic mass is 9.93. The largest absolute Gasteiger partial charge is 0.359 e. The molecule has 6 nitrogen and oxygen atoms in total. The SMILES string of the molecule is CCNC(=NCC(C)(C)C(=O)NC)N1CCN(Cc2cccc(Cl)c2)CC1. The van der Waals surface area contributed by atoms with Crippen molar-refractivity contribution in [1.29, 1.82) is 0 Å². The van der Waals surface area contributed by atoms with Gasteiger partial charge in [-0.2, -0.15) is 0 Å². The third kappa shape index (κ3) is 6.40. The first-order chi connectivity index (χ1) is 12.9. The summed E-state index contributed by atoms with van der Waals surface area (Å²) >= 11 is 6.09. The lowest BCUT2D eigenvalue weighted by Gasteiger charge is -2.37. The van der Waals surface area contributed by atoms with Crippen LogP contribution in [0.5, 0.6) is 0 Å². The molecule has 7 heteroatoms. The normalized spacial score (nSPS) is 16.3. The van der Waals surface area contributed by atoms with E-state index in [0.29, 0.717) is 6.54 Å². The van der Waals surface area contributed by atoms with Gasteiger partial charge < -0.3 is 15.5 Å². The third-order valence-corrected chi connectivity index (χ3v) is 5.00. The zero-order valence-electron chi connectivity index (χ0n) is 16.9. The second kappa shape index (κ2) is 9.95. The van der Waals surface area contributed by atoms with Gasteiger partial charge >= 0.3 is 0 Å².